The van der Waals surface area contributed by atoms with Crippen LogP contribution in [0.3, 0.4) is 0 Å². The SMILES string of the molecule is Cc1cccc2cc3ccccc3c(OC(=O)C3CCCCC3C(=O)O)c12. The molecule has 0 radical (unpaired) electrons. The molecule has 27 heavy (non-hydrogen) atoms. The summed E-state index contributed by atoms with van der Waals surface area (Å²) in [5.41, 5.74) is 1.03. The minimum Gasteiger partial charge on any atom is -0.481 e. The fraction of sp³-hybridized carbons (Fsp3) is 0.304. The van der Waals surface area contributed by atoms with Gasteiger partial charge in [-0.1, -0.05) is 55.3 Å². The zero-order valence-electron chi connectivity index (χ0n) is 15.3. The molecule has 1 N–H and O–H groups in total. The molecule has 0 saturated heterocycles. The molecule has 4 nitrogen and oxygen atoms in total. The van der Waals surface area contributed by atoms with Crippen LogP contribution in [0.5, 0.6) is 5.75 Å². The summed E-state index contributed by atoms with van der Waals surface area (Å²) >= 11 is 0. The molecule has 1 fully saturated rings. The van der Waals surface area contributed by atoms with E-state index in [9.17, 15) is 14.7 Å². The first-order valence-corrected chi connectivity index (χ1v) is 9.42. The number of aliphatic carboxylic acids is 1. The molecule has 3 aromatic rings. The van der Waals surface area contributed by atoms with Crippen LogP contribution in [-0.2, 0) is 9.59 Å². The van der Waals surface area contributed by atoms with Crippen molar-refractivity contribution in [2.75, 3.05) is 0 Å². The van der Waals surface area contributed by atoms with E-state index in [1.807, 2.05) is 49.4 Å². The first-order chi connectivity index (χ1) is 13.1. The van der Waals surface area contributed by atoms with Crippen LogP contribution < -0.4 is 4.74 Å². The number of carboxylic acid groups (broad SMARTS) is 1. The Morgan fingerprint density at radius 1 is 0.963 bits per heavy atom. The van der Waals surface area contributed by atoms with Crippen LogP contribution in [0, 0.1) is 18.8 Å². The van der Waals surface area contributed by atoms with Crippen molar-refractivity contribution < 1.29 is 19.4 Å². The number of hydrogen-bond donors (Lipinski definition) is 1. The molecule has 1 saturated carbocycles. The van der Waals surface area contributed by atoms with Gasteiger partial charge in [0.05, 0.1) is 11.8 Å². The van der Waals surface area contributed by atoms with Crippen molar-refractivity contribution in [1.29, 1.82) is 0 Å². The number of carboxylic acids is 1. The van der Waals surface area contributed by atoms with Gasteiger partial charge in [-0.2, -0.15) is 0 Å². The summed E-state index contributed by atoms with van der Waals surface area (Å²) < 4.78 is 5.94. The summed E-state index contributed by atoms with van der Waals surface area (Å²) in [6.45, 7) is 2.00. The first kappa shape index (κ1) is 17.5. The fourth-order valence-corrected chi connectivity index (χ4v) is 4.24. The Morgan fingerprint density at radius 3 is 2.44 bits per heavy atom. The first-order valence-electron chi connectivity index (χ1n) is 9.42. The quantitative estimate of drug-likeness (QED) is 0.400. The number of benzene rings is 3. The Morgan fingerprint density at radius 2 is 1.67 bits per heavy atom. The van der Waals surface area contributed by atoms with Gasteiger partial charge in [0.2, 0.25) is 0 Å². The van der Waals surface area contributed by atoms with Crippen molar-refractivity contribution in [2.45, 2.75) is 32.6 Å². The number of hydrogen-bond acceptors (Lipinski definition) is 3. The van der Waals surface area contributed by atoms with Crippen molar-refractivity contribution in [3.8, 4) is 5.75 Å². The van der Waals surface area contributed by atoms with E-state index in [1.54, 1.807) is 0 Å². The Hall–Kier alpha value is -2.88. The van der Waals surface area contributed by atoms with Crippen molar-refractivity contribution in [3.05, 3.63) is 54.1 Å². The van der Waals surface area contributed by atoms with E-state index in [0.29, 0.717) is 18.6 Å². The van der Waals surface area contributed by atoms with Crippen molar-refractivity contribution in [1.82, 2.24) is 0 Å². The monoisotopic (exact) mass is 362 g/mol. The molecule has 0 heterocycles. The summed E-state index contributed by atoms with van der Waals surface area (Å²) in [7, 11) is 0. The highest BCUT2D eigenvalue weighted by Crippen LogP contribution is 2.39. The van der Waals surface area contributed by atoms with E-state index in [2.05, 4.69) is 6.07 Å². The van der Waals surface area contributed by atoms with E-state index in [-0.39, 0.29) is 0 Å². The van der Waals surface area contributed by atoms with Gasteiger partial charge in [-0.05, 0) is 42.2 Å². The molecule has 2 atom stereocenters. The average Bonchev–Trinajstić information content (AvgIpc) is 2.67. The van der Waals surface area contributed by atoms with Gasteiger partial charge in [-0.15, -0.1) is 0 Å². The van der Waals surface area contributed by atoms with E-state index >= 15 is 0 Å². The predicted octanol–water partition coefficient (Wildman–Crippen LogP) is 5.10. The second kappa shape index (κ2) is 7.03. The van der Waals surface area contributed by atoms with E-state index in [4.69, 9.17) is 4.74 Å². The second-order valence-corrected chi connectivity index (χ2v) is 7.36. The summed E-state index contributed by atoms with van der Waals surface area (Å²) in [6, 6.07) is 15.9. The number of carbonyl (C=O) groups excluding carboxylic acids is 1. The Bertz CT molecular complexity index is 1040. The third-order valence-electron chi connectivity index (χ3n) is 5.64. The van der Waals surface area contributed by atoms with E-state index < -0.39 is 23.8 Å². The lowest BCUT2D eigenvalue weighted by molar-refractivity contribution is -0.153. The fourth-order valence-electron chi connectivity index (χ4n) is 4.24. The zero-order valence-corrected chi connectivity index (χ0v) is 15.3. The number of esters is 1. The Kier molecular flexibility index (Phi) is 4.56. The van der Waals surface area contributed by atoms with Gasteiger partial charge < -0.3 is 9.84 Å². The molecule has 3 aromatic carbocycles. The topological polar surface area (TPSA) is 63.6 Å². The second-order valence-electron chi connectivity index (χ2n) is 7.36. The van der Waals surface area contributed by atoms with Gasteiger partial charge in [0.25, 0.3) is 0 Å². The maximum absolute atomic E-state index is 13.0. The molecule has 4 heteroatoms. The maximum Gasteiger partial charge on any atom is 0.315 e. The third kappa shape index (κ3) is 3.16. The summed E-state index contributed by atoms with van der Waals surface area (Å²) in [6.07, 6.45) is 2.80. The average molecular weight is 362 g/mol. The van der Waals surface area contributed by atoms with Gasteiger partial charge in [0.15, 0.2) is 0 Å². The van der Waals surface area contributed by atoms with Crippen LogP contribution in [0.25, 0.3) is 21.5 Å². The molecular formula is C23H22O4. The predicted molar refractivity (Wildman–Crippen MR) is 105 cm³/mol. The molecule has 0 bridgehead atoms. The minimum atomic E-state index is -0.907. The number of rotatable bonds is 3. The molecule has 0 aliphatic heterocycles. The number of carbonyl (C=O) groups is 2. The molecule has 1 aliphatic carbocycles. The lowest BCUT2D eigenvalue weighted by Gasteiger charge is -2.27. The zero-order chi connectivity index (χ0) is 19.0. The standard InChI is InChI=1S/C23H22O4/c1-14-7-6-9-16-13-15-8-2-3-10-17(15)21(20(14)16)27-23(26)19-12-5-4-11-18(19)22(24)25/h2-3,6-10,13,18-19H,4-5,11-12H2,1H3,(H,24,25). The molecular weight excluding hydrogens is 340 g/mol. The van der Waals surface area contributed by atoms with Crippen LogP contribution in [-0.4, -0.2) is 17.0 Å². The lowest BCUT2D eigenvalue weighted by Crippen LogP contribution is -2.35. The van der Waals surface area contributed by atoms with Crippen LogP contribution in [0.1, 0.15) is 31.2 Å². The summed E-state index contributed by atoms with van der Waals surface area (Å²) in [5, 5.41) is 13.3. The van der Waals surface area contributed by atoms with Crippen molar-refractivity contribution in [3.63, 3.8) is 0 Å². The van der Waals surface area contributed by atoms with Crippen molar-refractivity contribution >= 4 is 33.5 Å². The van der Waals surface area contributed by atoms with Crippen LogP contribution in [0.4, 0.5) is 0 Å². The highest BCUT2D eigenvalue weighted by Gasteiger charge is 2.37. The van der Waals surface area contributed by atoms with E-state index in [1.165, 1.54) is 0 Å². The van der Waals surface area contributed by atoms with Gasteiger partial charge in [0.1, 0.15) is 5.75 Å². The third-order valence-corrected chi connectivity index (χ3v) is 5.64. The highest BCUT2D eigenvalue weighted by molar-refractivity contribution is 6.07. The number of fused-ring (bicyclic) bond motifs is 2. The van der Waals surface area contributed by atoms with Gasteiger partial charge in [0, 0.05) is 10.8 Å². The van der Waals surface area contributed by atoms with Crippen molar-refractivity contribution in [2.24, 2.45) is 11.8 Å². The molecule has 138 valence electrons. The smallest absolute Gasteiger partial charge is 0.315 e. The largest absolute Gasteiger partial charge is 0.481 e. The number of ether oxygens (including phenoxy) is 1. The Labute approximate surface area is 157 Å². The Balaban J connectivity index is 1.82. The van der Waals surface area contributed by atoms with Gasteiger partial charge >= 0.3 is 11.9 Å². The molecule has 0 aromatic heterocycles. The lowest BCUT2D eigenvalue weighted by atomic mass is 9.79. The normalized spacial score (nSPS) is 19.9. The summed E-state index contributed by atoms with van der Waals surface area (Å²) in [5.74, 6) is -2.04. The van der Waals surface area contributed by atoms with Crippen LogP contribution in [0.15, 0.2) is 48.5 Å². The molecule has 2 unspecified atom stereocenters. The highest BCUT2D eigenvalue weighted by atomic mass is 16.5. The van der Waals surface area contributed by atoms with Crippen LogP contribution >= 0.6 is 0 Å². The summed E-state index contributed by atoms with van der Waals surface area (Å²) in [4.78, 5) is 24.6. The van der Waals surface area contributed by atoms with Gasteiger partial charge in [-0.25, -0.2) is 0 Å². The molecule has 4 rings (SSSR count). The number of aryl methyl sites for hydroxylation is 1. The maximum atomic E-state index is 13.0. The molecule has 1 aliphatic rings. The molecule has 0 amide bonds. The molecule has 0 spiro atoms. The van der Waals surface area contributed by atoms with Crippen LogP contribution in [0.2, 0.25) is 0 Å². The minimum absolute atomic E-state index is 0.428. The van der Waals surface area contributed by atoms with E-state index in [0.717, 1.165) is 39.9 Å². The van der Waals surface area contributed by atoms with Gasteiger partial charge in [-0.3, -0.25) is 9.59 Å².